The molecule has 27 heavy (non-hydrogen) atoms. The van der Waals surface area contributed by atoms with Gasteiger partial charge in [0.05, 0.1) is 16.8 Å². The van der Waals surface area contributed by atoms with E-state index in [1.165, 1.54) is 24.3 Å². The fourth-order valence-corrected chi connectivity index (χ4v) is 3.37. The summed E-state index contributed by atoms with van der Waals surface area (Å²) in [7, 11) is 0. The molecule has 3 N–H and O–H groups in total. The van der Waals surface area contributed by atoms with Crippen LogP contribution in [0.4, 0.5) is 15.8 Å². The monoisotopic (exact) mass is 364 g/mol. The van der Waals surface area contributed by atoms with E-state index in [1.807, 2.05) is 19.9 Å². The molecular weight excluding hydrogens is 343 g/mol. The maximum Gasteiger partial charge on any atom is 0.248 e. The Kier molecular flexibility index (Phi) is 4.95. The highest BCUT2D eigenvalue weighted by Gasteiger charge is 2.39. The standard InChI is InChI=1S/C22H21FN2O2/c1-14(7-10-20(26)25-19-6-4-3-5-18(19)24)12-22(2)13-15-11-16(23)8-9-17(15)21(22)27/h3-12H,13,24H2,1-2H3,(H,25,26)/b10-7+,14-12+. The second kappa shape index (κ2) is 7.19. The first-order chi connectivity index (χ1) is 12.8. The maximum absolute atomic E-state index is 13.4. The predicted octanol–water partition coefficient (Wildman–Crippen LogP) is 4.29. The number of hydrogen-bond donors (Lipinski definition) is 2. The van der Waals surface area contributed by atoms with Gasteiger partial charge in [-0.15, -0.1) is 0 Å². The number of anilines is 2. The number of hydrogen-bond acceptors (Lipinski definition) is 3. The van der Waals surface area contributed by atoms with Crippen molar-refractivity contribution < 1.29 is 14.0 Å². The zero-order valence-electron chi connectivity index (χ0n) is 15.3. The Morgan fingerprint density at radius 3 is 2.70 bits per heavy atom. The van der Waals surface area contributed by atoms with Gasteiger partial charge in [-0.2, -0.15) is 0 Å². The van der Waals surface area contributed by atoms with Crippen molar-refractivity contribution in [2.75, 3.05) is 11.1 Å². The summed E-state index contributed by atoms with van der Waals surface area (Å²) in [4.78, 5) is 24.8. The minimum absolute atomic E-state index is 0.0354. The summed E-state index contributed by atoms with van der Waals surface area (Å²) >= 11 is 0. The Balaban J connectivity index is 1.72. The third-order valence-corrected chi connectivity index (χ3v) is 4.65. The van der Waals surface area contributed by atoms with Gasteiger partial charge in [-0.25, -0.2) is 4.39 Å². The van der Waals surface area contributed by atoms with Crippen molar-refractivity contribution in [3.8, 4) is 0 Å². The highest BCUT2D eigenvalue weighted by Crippen LogP contribution is 2.38. The van der Waals surface area contributed by atoms with E-state index >= 15 is 0 Å². The Bertz CT molecular complexity index is 978. The van der Waals surface area contributed by atoms with E-state index in [0.717, 1.165) is 5.57 Å². The normalized spacial score (nSPS) is 19.4. The van der Waals surface area contributed by atoms with Gasteiger partial charge in [-0.05, 0) is 56.2 Å². The molecule has 0 saturated heterocycles. The molecule has 138 valence electrons. The number of nitrogens with one attached hydrogen (secondary N) is 1. The number of fused-ring (bicyclic) bond motifs is 1. The smallest absolute Gasteiger partial charge is 0.248 e. The zero-order valence-corrected chi connectivity index (χ0v) is 15.3. The Labute approximate surface area is 157 Å². The van der Waals surface area contributed by atoms with Gasteiger partial charge in [-0.1, -0.05) is 29.9 Å². The summed E-state index contributed by atoms with van der Waals surface area (Å²) in [6.07, 6.45) is 5.31. The molecule has 1 amide bonds. The Morgan fingerprint density at radius 2 is 1.96 bits per heavy atom. The van der Waals surface area contributed by atoms with Crippen LogP contribution in [0.3, 0.4) is 0 Å². The zero-order chi connectivity index (χ0) is 19.6. The van der Waals surface area contributed by atoms with E-state index in [0.29, 0.717) is 28.9 Å². The van der Waals surface area contributed by atoms with Crippen LogP contribution in [0.25, 0.3) is 0 Å². The SMILES string of the molecule is CC(/C=C/C(=O)Nc1ccccc1N)=C\C1(C)Cc2cc(F)ccc2C1=O. The molecule has 0 spiro atoms. The summed E-state index contributed by atoms with van der Waals surface area (Å²) < 4.78 is 13.4. The van der Waals surface area contributed by atoms with Gasteiger partial charge >= 0.3 is 0 Å². The summed E-state index contributed by atoms with van der Waals surface area (Å²) in [6, 6.07) is 11.3. The lowest BCUT2D eigenvalue weighted by atomic mass is 9.84. The van der Waals surface area contributed by atoms with Crippen molar-refractivity contribution in [1.29, 1.82) is 0 Å². The lowest BCUT2D eigenvalue weighted by Gasteiger charge is -2.17. The molecule has 0 fully saturated rings. The molecule has 3 rings (SSSR count). The van der Waals surface area contributed by atoms with Crippen LogP contribution in [0.1, 0.15) is 29.8 Å². The van der Waals surface area contributed by atoms with Gasteiger partial charge in [0.15, 0.2) is 5.78 Å². The lowest BCUT2D eigenvalue weighted by Crippen LogP contribution is -2.21. The van der Waals surface area contributed by atoms with Crippen LogP contribution >= 0.6 is 0 Å². The van der Waals surface area contributed by atoms with E-state index in [-0.39, 0.29) is 17.5 Å². The maximum atomic E-state index is 13.4. The third kappa shape index (κ3) is 3.97. The lowest BCUT2D eigenvalue weighted by molar-refractivity contribution is -0.111. The summed E-state index contributed by atoms with van der Waals surface area (Å²) in [5.41, 5.74) is 8.14. The fourth-order valence-electron chi connectivity index (χ4n) is 3.37. The van der Waals surface area contributed by atoms with Crippen LogP contribution in [-0.4, -0.2) is 11.7 Å². The molecule has 0 saturated carbocycles. The van der Waals surface area contributed by atoms with Gasteiger partial charge in [0.25, 0.3) is 0 Å². The molecule has 1 unspecified atom stereocenters. The van der Waals surface area contributed by atoms with E-state index in [2.05, 4.69) is 5.32 Å². The number of halogens is 1. The Hall–Kier alpha value is -3.21. The van der Waals surface area contributed by atoms with Gasteiger partial charge in [0.1, 0.15) is 5.82 Å². The van der Waals surface area contributed by atoms with Crippen molar-refractivity contribution >= 4 is 23.1 Å². The molecule has 0 aromatic heterocycles. The molecule has 4 nitrogen and oxygen atoms in total. The molecular formula is C22H21FN2O2. The highest BCUT2D eigenvalue weighted by atomic mass is 19.1. The number of rotatable bonds is 4. The number of carbonyl (C=O) groups excluding carboxylic acids is 2. The number of allylic oxidation sites excluding steroid dienone is 3. The van der Waals surface area contributed by atoms with Gasteiger partial charge in [-0.3, -0.25) is 9.59 Å². The molecule has 0 bridgehead atoms. The molecule has 0 radical (unpaired) electrons. The van der Waals surface area contributed by atoms with Crippen molar-refractivity contribution in [2.24, 2.45) is 5.41 Å². The van der Waals surface area contributed by atoms with E-state index in [9.17, 15) is 14.0 Å². The average Bonchev–Trinajstić information content (AvgIpc) is 2.85. The first kappa shape index (κ1) is 18.6. The minimum atomic E-state index is -0.745. The number of amides is 1. The van der Waals surface area contributed by atoms with Crippen molar-refractivity contribution in [3.05, 3.63) is 83.2 Å². The van der Waals surface area contributed by atoms with Gasteiger partial charge in [0, 0.05) is 11.6 Å². The average molecular weight is 364 g/mol. The molecule has 1 aliphatic carbocycles. The quantitative estimate of drug-likeness (QED) is 0.483. The van der Waals surface area contributed by atoms with Crippen LogP contribution in [0.2, 0.25) is 0 Å². The largest absolute Gasteiger partial charge is 0.397 e. The molecule has 2 aromatic rings. The van der Waals surface area contributed by atoms with Crippen LogP contribution in [0.5, 0.6) is 0 Å². The highest BCUT2D eigenvalue weighted by molar-refractivity contribution is 6.06. The van der Waals surface area contributed by atoms with Crippen LogP contribution < -0.4 is 11.1 Å². The first-order valence-corrected chi connectivity index (χ1v) is 8.65. The number of nitrogens with two attached hydrogens (primary N) is 1. The van der Waals surface area contributed by atoms with Gasteiger partial charge in [0.2, 0.25) is 5.91 Å². The van der Waals surface area contributed by atoms with Crippen LogP contribution in [-0.2, 0) is 11.2 Å². The number of para-hydroxylation sites is 2. The molecule has 1 atom stereocenters. The number of benzene rings is 2. The van der Waals surface area contributed by atoms with Crippen molar-refractivity contribution in [3.63, 3.8) is 0 Å². The number of ketones is 1. The van der Waals surface area contributed by atoms with Crippen molar-refractivity contribution in [1.82, 2.24) is 0 Å². The predicted molar refractivity (Wildman–Crippen MR) is 105 cm³/mol. The van der Waals surface area contributed by atoms with Crippen molar-refractivity contribution in [2.45, 2.75) is 20.3 Å². The first-order valence-electron chi connectivity index (χ1n) is 8.65. The molecule has 2 aromatic carbocycles. The minimum Gasteiger partial charge on any atom is -0.397 e. The van der Waals surface area contributed by atoms with Crippen LogP contribution in [0, 0.1) is 11.2 Å². The number of nitrogen functional groups attached to an aromatic ring is 1. The molecule has 5 heteroatoms. The fraction of sp³-hybridized carbons (Fsp3) is 0.182. The molecule has 0 heterocycles. The number of carbonyl (C=O) groups is 2. The topological polar surface area (TPSA) is 72.2 Å². The summed E-state index contributed by atoms with van der Waals surface area (Å²) in [5.74, 6) is -0.691. The van der Waals surface area contributed by atoms with Gasteiger partial charge < -0.3 is 11.1 Å². The second-order valence-electron chi connectivity index (χ2n) is 7.02. The summed E-state index contributed by atoms with van der Waals surface area (Å²) in [6.45, 7) is 3.65. The third-order valence-electron chi connectivity index (χ3n) is 4.65. The number of Topliss-reactive ketones (excluding diaryl/α,β-unsaturated/α-hetero) is 1. The van der Waals surface area contributed by atoms with E-state index in [4.69, 9.17) is 5.73 Å². The van der Waals surface area contributed by atoms with Crippen LogP contribution in [0.15, 0.2) is 66.3 Å². The Morgan fingerprint density at radius 1 is 1.22 bits per heavy atom. The molecule has 1 aliphatic rings. The van der Waals surface area contributed by atoms with E-state index < -0.39 is 5.41 Å². The molecule has 0 aliphatic heterocycles. The van der Waals surface area contributed by atoms with E-state index in [1.54, 1.807) is 30.3 Å². The summed E-state index contributed by atoms with van der Waals surface area (Å²) in [5, 5.41) is 2.71. The second-order valence-corrected chi connectivity index (χ2v) is 7.02.